The number of nitrogens with zero attached hydrogens (tertiary/aromatic N) is 2. The molecule has 0 N–H and O–H groups in total. The molecule has 188 valence electrons. The van der Waals surface area contributed by atoms with E-state index in [0.29, 0.717) is 66.9 Å². The lowest BCUT2D eigenvalue weighted by Gasteiger charge is -2.35. The Hall–Kier alpha value is -4.20. The smallest absolute Gasteiger partial charge is 0.254 e. The lowest BCUT2D eigenvalue weighted by Crippen LogP contribution is -2.50. The first-order chi connectivity index (χ1) is 17.5. The zero-order valence-corrected chi connectivity index (χ0v) is 20.7. The largest absolute Gasteiger partial charge is 0.497 e. The van der Waals surface area contributed by atoms with E-state index in [0.717, 1.165) is 5.56 Å². The van der Waals surface area contributed by atoms with Gasteiger partial charge in [-0.1, -0.05) is 30.3 Å². The topological polar surface area (TPSA) is 77.5 Å². The first kappa shape index (κ1) is 24.9. The second-order valence-corrected chi connectivity index (χ2v) is 8.33. The molecule has 0 aromatic heterocycles. The predicted octanol–water partition coefficient (Wildman–Crippen LogP) is 3.89. The van der Waals surface area contributed by atoms with Gasteiger partial charge in [-0.25, -0.2) is 0 Å². The van der Waals surface area contributed by atoms with Crippen molar-refractivity contribution in [3.8, 4) is 23.0 Å². The third-order valence-electron chi connectivity index (χ3n) is 6.10. The molecule has 0 radical (unpaired) electrons. The van der Waals surface area contributed by atoms with E-state index in [4.69, 9.17) is 18.9 Å². The SMILES string of the molecule is COc1cc(OC)cc(C(=O)N2CCN(C(=O)c3ccc(OCc4ccccc4)c(OC)c3)CC2)c1. The van der Waals surface area contributed by atoms with E-state index < -0.39 is 0 Å². The third-order valence-corrected chi connectivity index (χ3v) is 6.10. The number of rotatable bonds is 8. The van der Waals surface area contributed by atoms with E-state index in [2.05, 4.69) is 0 Å². The van der Waals surface area contributed by atoms with Crippen LogP contribution in [-0.2, 0) is 6.61 Å². The molecule has 1 aliphatic rings. The van der Waals surface area contributed by atoms with E-state index in [1.54, 1.807) is 67.5 Å². The van der Waals surface area contributed by atoms with E-state index in [-0.39, 0.29) is 11.8 Å². The average molecular weight is 491 g/mol. The Morgan fingerprint density at radius 1 is 0.667 bits per heavy atom. The first-order valence-electron chi connectivity index (χ1n) is 11.7. The zero-order valence-electron chi connectivity index (χ0n) is 20.7. The number of hydrogen-bond acceptors (Lipinski definition) is 6. The fraction of sp³-hybridized carbons (Fsp3) is 0.286. The van der Waals surface area contributed by atoms with Crippen molar-refractivity contribution in [3.63, 3.8) is 0 Å². The molecule has 3 aromatic rings. The molecule has 3 aromatic carbocycles. The Balaban J connectivity index is 1.38. The van der Waals surface area contributed by atoms with Crippen LogP contribution in [0.15, 0.2) is 66.7 Å². The maximum absolute atomic E-state index is 13.2. The number of methoxy groups -OCH3 is 3. The van der Waals surface area contributed by atoms with Gasteiger partial charge in [0.15, 0.2) is 11.5 Å². The molecule has 0 unspecified atom stereocenters. The molecule has 1 fully saturated rings. The van der Waals surface area contributed by atoms with Crippen molar-refractivity contribution in [1.82, 2.24) is 9.80 Å². The van der Waals surface area contributed by atoms with Crippen LogP contribution in [0.1, 0.15) is 26.3 Å². The second-order valence-electron chi connectivity index (χ2n) is 8.33. The Morgan fingerprint density at radius 3 is 1.81 bits per heavy atom. The molecule has 1 saturated heterocycles. The van der Waals surface area contributed by atoms with Gasteiger partial charge in [-0.15, -0.1) is 0 Å². The first-order valence-corrected chi connectivity index (χ1v) is 11.7. The van der Waals surface area contributed by atoms with Crippen LogP contribution in [0.5, 0.6) is 23.0 Å². The highest BCUT2D eigenvalue weighted by Gasteiger charge is 2.26. The Labute approximate surface area is 210 Å². The molecule has 8 nitrogen and oxygen atoms in total. The molecule has 36 heavy (non-hydrogen) atoms. The van der Waals surface area contributed by atoms with Gasteiger partial charge in [0, 0.05) is 43.4 Å². The summed E-state index contributed by atoms with van der Waals surface area (Å²) in [5, 5.41) is 0. The number of carbonyl (C=O) groups is 2. The molecule has 0 bridgehead atoms. The normalized spacial score (nSPS) is 13.2. The van der Waals surface area contributed by atoms with E-state index in [1.165, 1.54) is 0 Å². The summed E-state index contributed by atoms with van der Waals surface area (Å²) in [5.74, 6) is 1.94. The van der Waals surface area contributed by atoms with Gasteiger partial charge < -0.3 is 28.7 Å². The lowest BCUT2D eigenvalue weighted by atomic mass is 10.1. The summed E-state index contributed by atoms with van der Waals surface area (Å²) in [6.45, 7) is 2.12. The molecule has 0 atom stereocenters. The highest BCUT2D eigenvalue weighted by atomic mass is 16.5. The maximum Gasteiger partial charge on any atom is 0.254 e. The molecule has 1 aliphatic heterocycles. The standard InChI is InChI=1S/C28H30N2O6/c1-33-23-15-22(16-24(18-23)34-2)28(32)30-13-11-29(12-14-30)27(31)21-9-10-25(26(17-21)35-3)36-19-20-7-5-4-6-8-20/h4-10,15-18H,11-14,19H2,1-3H3. The summed E-state index contributed by atoms with van der Waals surface area (Å²) < 4.78 is 21.9. The van der Waals surface area contributed by atoms with Crippen molar-refractivity contribution < 1.29 is 28.5 Å². The Bertz CT molecular complexity index is 1180. The van der Waals surface area contributed by atoms with Gasteiger partial charge >= 0.3 is 0 Å². The Kier molecular flexibility index (Phi) is 7.95. The van der Waals surface area contributed by atoms with Crippen molar-refractivity contribution in [3.05, 3.63) is 83.4 Å². The number of carbonyl (C=O) groups excluding carboxylic acids is 2. The van der Waals surface area contributed by atoms with E-state index in [9.17, 15) is 9.59 Å². The van der Waals surface area contributed by atoms with Gasteiger partial charge in [0.25, 0.3) is 11.8 Å². The summed E-state index contributed by atoms with van der Waals surface area (Å²) in [6.07, 6.45) is 0. The van der Waals surface area contributed by atoms with Crippen LogP contribution in [0.4, 0.5) is 0 Å². The lowest BCUT2D eigenvalue weighted by molar-refractivity contribution is 0.0535. The molecule has 0 spiro atoms. The predicted molar refractivity (Wildman–Crippen MR) is 135 cm³/mol. The number of ether oxygens (including phenoxy) is 4. The molecule has 0 saturated carbocycles. The van der Waals surface area contributed by atoms with Gasteiger partial charge in [-0.05, 0) is 35.9 Å². The van der Waals surface area contributed by atoms with Crippen LogP contribution in [0.25, 0.3) is 0 Å². The molecule has 8 heteroatoms. The minimum atomic E-state index is -0.124. The van der Waals surface area contributed by atoms with Gasteiger partial charge in [0.1, 0.15) is 18.1 Å². The van der Waals surface area contributed by atoms with Crippen LogP contribution in [0, 0.1) is 0 Å². The molecule has 2 amide bonds. The quantitative estimate of drug-likeness (QED) is 0.477. The monoisotopic (exact) mass is 490 g/mol. The Morgan fingerprint density at radius 2 is 1.25 bits per heavy atom. The molecule has 1 heterocycles. The third kappa shape index (κ3) is 5.71. The fourth-order valence-electron chi connectivity index (χ4n) is 4.06. The number of hydrogen-bond donors (Lipinski definition) is 0. The van der Waals surface area contributed by atoms with Crippen molar-refractivity contribution in [1.29, 1.82) is 0 Å². The zero-order chi connectivity index (χ0) is 25.5. The van der Waals surface area contributed by atoms with Crippen LogP contribution in [-0.4, -0.2) is 69.1 Å². The van der Waals surface area contributed by atoms with Crippen molar-refractivity contribution in [2.45, 2.75) is 6.61 Å². The summed E-state index contributed by atoms with van der Waals surface area (Å²) in [7, 11) is 4.64. The van der Waals surface area contributed by atoms with Gasteiger partial charge in [0.05, 0.1) is 21.3 Å². The van der Waals surface area contributed by atoms with Crippen molar-refractivity contribution >= 4 is 11.8 Å². The van der Waals surface area contributed by atoms with Crippen LogP contribution < -0.4 is 18.9 Å². The molecule has 0 aliphatic carbocycles. The second kappa shape index (κ2) is 11.5. The summed E-state index contributed by atoms with van der Waals surface area (Å²) in [4.78, 5) is 29.7. The van der Waals surface area contributed by atoms with Gasteiger partial charge in [0.2, 0.25) is 0 Å². The fourth-order valence-corrected chi connectivity index (χ4v) is 4.06. The average Bonchev–Trinajstić information content (AvgIpc) is 2.95. The van der Waals surface area contributed by atoms with Crippen LogP contribution in [0.2, 0.25) is 0 Å². The number of benzene rings is 3. The highest BCUT2D eigenvalue weighted by molar-refractivity contribution is 5.96. The van der Waals surface area contributed by atoms with Crippen LogP contribution in [0.3, 0.4) is 0 Å². The van der Waals surface area contributed by atoms with E-state index in [1.807, 2.05) is 30.3 Å². The van der Waals surface area contributed by atoms with Crippen LogP contribution >= 0.6 is 0 Å². The molecule has 4 rings (SSSR count). The number of piperazine rings is 1. The summed E-state index contributed by atoms with van der Waals surface area (Å²) in [5.41, 5.74) is 2.04. The molecular formula is C28H30N2O6. The van der Waals surface area contributed by atoms with Crippen molar-refractivity contribution in [2.75, 3.05) is 47.5 Å². The van der Waals surface area contributed by atoms with Gasteiger partial charge in [-0.2, -0.15) is 0 Å². The van der Waals surface area contributed by atoms with Crippen molar-refractivity contribution in [2.24, 2.45) is 0 Å². The summed E-state index contributed by atoms with van der Waals surface area (Å²) in [6, 6.07) is 20.1. The molecular weight excluding hydrogens is 460 g/mol. The minimum Gasteiger partial charge on any atom is -0.497 e. The highest BCUT2D eigenvalue weighted by Crippen LogP contribution is 2.30. The van der Waals surface area contributed by atoms with E-state index >= 15 is 0 Å². The minimum absolute atomic E-state index is 0.113. The van der Waals surface area contributed by atoms with Gasteiger partial charge in [-0.3, -0.25) is 9.59 Å². The summed E-state index contributed by atoms with van der Waals surface area (Å²) >= 11 is 0. The maximum atomic E-state index is 13.2. The number of amides is 2.